The Morgan fingerprint density at radius 3 is 1.90 bits per heavy atom. The Hall–Kier alpha value is -2.95. The fraction of sp³-hybridized carbons (Fsp3) is 0.783. The molecule has 0 radical (unpaired) electrons. The van der Waals surface area contributed by atoms with E-state index in [9.17, 15) is 31.1 Å². The van der Waals surface area contributed by atoms with Crippen LogP contribution in [0.25, 0.3) is 0 Å². The number of alkyl halides is 6. The van der Waals surface area contributed by atoms with Crippen molar-refractivity contribution in [2.45, 2.75) is 70.9 Å². The highest BCUT2D eigenvalue weighted by molar-refractivity contribution is 5.82. The van der Waals surface area contributed by atoms with Gasteiger partial charge in [-0.2, -0.15) is 26.3 Å². The number of hydrogen-bond acceptors (Lipinski definition) is 7. The van der Waals surface area contributed by atoms with Gasteiger partial charge >= 0.3 is 24.3 Å². The predicted octanol–water partition coefficient (Wildman–Crippen LogP) is 2.71. The first-order chi connectivity index (χ1) is 18.1. The van der Waals surface area contributed by atoms with Crippen LogP contribution in [0.15, 0.2) is 6.20 Å². The van der Waals surface area contributed by atoms with Gasteiger partial charge in [0.2, 0.25) is 5.91 Å². The molecule has 4 N–H and O–H groups in total. The first kappa shape index (κ1) is 35.1. The zero-order valence-electron chi connectivity index (χ0n) is 22.7. The molecule has 230 valence electrons. The third-order valence-corrected chi connectivity index (χ3v) is 6.54. The van der Waals surface area contributed by atoms with Gasteiger partial charge in [-0.05, 0) is 65.6 Å². The molecular formula is C23H36F6N6O5. The van der Waals surface area contributed by atoms with Gasteiger partial charge in [-0.1, -0.05) is 12.1 Å². The molecule has 0 aromatic carbocycles. The lowest BCUT2D eigenvalue weighted by atomic mass is 9.78. The molecule has 1 unspecified atom stereocenters. The lowest BCUT2D eigenvalue weighted by Gasteiger charge is -2.42. The predicted molar refractivity (Wildman–Crippen MR) is 129 cm³/mol. The van der Waals surface area contributed by atoms with Crippen LogP contribution in [0.2, 0.25) is 0 Å². The zero-order valence-corrected chi connectivity index (χ0v) is 22.7. The molecule has 40 heavy (non-hydrogen) atoms. The van der Waals surface area contributed by atoms with E-state index in [0.29, 0.717) is 11.8 Å². The second-order valence-corrected chi connectivity index (χ2v) is 10.8. The number of amides is 1. The Kier molecular flexibility index (Phi) is 11.9. The summed E-state index contributed by atoms with van der Waals surface area (Å²) in [6, 6.07) is 0. The summed E-state index contributed by atoms with van der Waals surface area (Å²) in [5, 5.41) is 22.7. The Morgan fingerprint density at radius 2 is 1.50 bits per heavy atom. The summed E-state index contributed by atoms with van der Waals surface area (Å²) in [6.07, 6.45) is -4.11. The van der Waals surface area contributed by atoms with Crippen LogP contribution >= 0.6 is 0 Å². The minimum Gasteiger partial charge on any atom is -0.475 e. The number of carboxylic acid groups (broad SMARTS) is 2. The number of likely N-dealkylation sites (tertiary alicyclic amines) is 2. The number of carboxylic acids is 2. The van der Waals surface area contributed by atoms with Crippen LogP contribution in [0.3, 0.4) is 0 Å². The second kappa shape index (κ2) is 13.6. The molecule has 1 atom stereocenters. The highest BCUT2D eigenvalue weighted by Gasteiger charge is 2.40. The summed E-state index contributed by atoms with van der Waals surface area (Å²) in [7, 11) is 2.13. The molecule has 1 aromatic heterocycles. The fourth-order valence-electron chi connectivity index (χ4n) is 4.05. The van der Waals surface area contributed by atoms with E-state index in [1.54, 1.807) is 0 Å². The van der Waals surface area contributed by atoms with Gasteiger partial charge in [-0.25, -0.2) is 9.59 Å². The fourth-order valence-corrected chi connectivity index (χ4v) is 4.05. The van der Waals surface area contributed by atoms with Crippen molar-refractivity contribution in [3.8, 4) is 0 Å². The highest BCUT2D eigenvalue weighted by atomic mass is 19.4. The van der Waals surface area contributed by atoms with Gasteiger partial charge in [-0.15, -0.1) is 5.10 Å². The summed E-state index contributed by atoms with van der Waals surface area (Å²) in [4.78, 5) is 35.4. The first-order valence-corrected chi connectivity index (χ1v) is 12.3. The number of carbonyl (C=O) groups is 3. The third kappa shape index (κ3) is 11.3. The van der Waals surface area contributed by atoms with Gasteiger partial charge in [0.05, 0.1) is 11.7 Å². The van der Waals surface area contributed by atoms with Crippen molar-refractivity contribution in [1.82, 2.24) is 24.8 Å². The van der Waals surface area contributed by atoms with Crippen molar-refractivity contribution in [2.75, 3.05) is 33.2 Å². The molecule has 1 aromatic rings. The lowest BCUT2D eigenvalue weighted by Crippen LogP contribution is -2.51. The average molecular weight is 591 g/mol. The maximum Gasteiger partial charge on any atom is 0.490 e. The quantitative estimate of drug-likeness (QED) is 0.449. The SMILES string of the molecule is CN1CCC(C)(C(=O)N2CCCC(Cn3cc(C(C)(C)N)nn3)C2)CC1.O=C(O)C(F)(F)F.O=C(O)C(F)(F)F. The average Bonchev–Trinajstić information content (AvgIpc) is 3.29. The zero-order chi connectivity index (χ0) is 31.1. The number of carbonyl (C=O) groups excluding carboxylic acids is 1. The molecular weight excluding hydrogens is 554 g/mol. The van der Waals surface area contributed by atoms with E-state index in [-0.39, 0.29) is 5.41 Å². The van der Waals surface area contributed by atoms with Crippen molar-refractivity contribution >= 4 is 17.8 Å². The topological polar surface area (TPSA) is 155 Å². The largest absolute Gasteiger partial charge is 0.490 e. The van der Waals surface area contributed by atoms with Gasteiger partial charge in [0.15, 0.2) is 0 Å². The summed E-state index contributed by atoms with van der Waals surface area (Å²) >= 11 is 0. The Bertz CT molecular complexity index is 976. The minimum atomic E-state index is -5.08. The number of rotatable bonds is 4. The molecule has 2 aliphatic rings. The number of nitrogens with zero attached hydrogens (tertiary/aromatic N) is 5. The lowest BCUT2D eigenvalue weighted by molar-refractivity contribution is -0.193. The first-order valence-electron chi connectivity index (χ1n) is 12.3. The molecule has 17 heteroatoms. The van der Waals surface area contributed by atoms with Crippen LogP contribution in [-0.4, -0.2) is 98.4 Å². The normalized spacial score (nSPS) is 20.0. The van der Waals surface area contributed by atoms with E-state index in [0.717, 1.165) is 64.1 Å². The van der Waals surface area contributed by atoms with Crippen LogP contribution in [0, 0.1) is 11.3 Å². The molecule has 0 saturated carbocycles. The Morgan fingerprint density at radius 1 is 1.02 bits per heavy atom. The molecule has 0 bridgehead atoms. The molecule has 2 fully saturated rings. The molecule has 0 spiro atoms. The van der Waals surface area contributed by atoms with E-state index in [4.69, 9.17) is 25.5 Å². The molecule has 3 rings (SSSR count). The highest BCUT2D eigenvalue weighted by Crippen LogP contribution is 2.34. The van der Waals surface area contributed by atoms with E-state index < -0.39 is 29.8 Å². The molecule has 3 heterocycles. The molecule has 2 saturated heterocycles. The van der Waals surface area contributed by atoms with E-state index >= 15 is 0 Å². The van der Waals surface area contributed by atoms with Crippen LogP contribution < -0.4 is 5.73 Å². The maximum atomic E-state index is 13.2. The molecule has 1 amide bonds. The van der Waals surface area contributed by atoms with Crippen LogP contribution in [0.5, 0.6) is 0 Å². The van der Waals surface area contributed by atoms with Gasteiger partial charge in [0, 0.05) is 25.0 Å². The van der Waals surface area contributed by atoms with Crippen molar-refractivity contribution < 1.29 is 50.9 Å². The molecule has 0 aliphatic carbocycles. The molecule has 2 aliphatic heterocycles. The van der Waals surface area contributed by atoms with Crippen LogP contribution in [0.1, 0.15) is 52.1 Å². The van der Waals surface area contributed by atoms with E-state index in [1.165, 1.54) is 0 Å². The van der Waals surface area contributed by atoms with E-state index in [1.807, 2.05) is 24.7 Å². The summed E-state index contributed by atoms with van der Waals surface area (Å²) in [5.74, 6) is -4.74. The van der Waals surface area contributed by atoms with Gasteiger partial charge in [0.25, 0.3) is 0 Å². The maximum absolute atomic E-state index is 13.2. The summed E-state index contributed by atoms with van der Waals surface area (Å²) in [6.45, 7) is 10.6. The number of aliphatic carboxylic acids is 2. The number of nitrogens with two attached hydrogens (primary N) is 1. The summed E-state index contributed by atoms with van der Waals surface area (Å²) in [5.41, 5.74) is 6.23. The van der Waals surface area contributed by atoms with Gasteiger partial charge in [-0.3, -0.25) is 9.48 Å². The van der Waals surface area contributed by atoms with Crippen molar-refractivity contribution in [1.29, 1.82) is 0 Å². The number of hydrogen-bond donors (Lipinski definition) is 3. The Balaban J connectivity index is 0.000000473. The smallest absolute Gasteiger partial charge is 0.475 e. The number of piperidine rings is 2. The number of aromatic nitrogens is 3. The minimum absolute atomic E-state index is 0.196. The van der Waals surface area contributed by atoms with Crippen LogP contribution in [-0.2, 0) is 26.5 Å². The van der Waals surface area contributed by atoms with Gasteiger partial charge < -0.3 is 25.7 Å². The van der Waals surface area contributed by atoms with E-state index in [2.05, 4.69) is 34.1 Å². The van der Waals surface area contributed by atoms with Crippen molar-refractivity contribution in [2.24, 2.45) is 17.1 Å². The van der Waals surface area contributed by atoms with Crippen molar-refractivity contribution in [3.63, 3.8) is 0 Å². The monoisotopic (exact) mass is 590 g/mol. The Labute approximate surface area is 227 Å². The third-order valence-electron chi connectivity index (χ3n) is 6.54. The number of halogens is 6. The van der Waals surface area contributed by atoms with Crippen LogP contribution in [0.4, 0.5) is 26.3 Å². The van der Waals surface area contributed by atoms with Gasteiger partial charge in [0.1, 0.15) is 5.69 Å². The van der Waals surface area contributed by atoms with Crippen molar-refractivity contribution in [3.05, 3.63) is 11.9 Å². The summed E-state index contributed by atoms with van der Waals surface area (Å²) < 4.78 is 65.4. The molecule has 11 nitrogen and oxygen atoms in total. The second-order valence-electron chi connectivity index (χ2n) is 10.8. The standard InChI is InChI=1S/C19H34N6O.2C2HF3O2/c1-18(2,20)16-14-25(22-21-16)13-15-6-5-9-24(12-15)17(26)19(3)7-10-23(4)11-8-19;2*3-2(4,5)1(6)7/h14-15H,5-13,20H2,1-4H3;2*(H,6,7).